The summed E-state index contributed by atoms with van der Waals surface area (Å²) in [4.78, 5) is 12.2. The van der Waals surface area contributed by atoms with Crippen molar-refractivity contribution in [3.63, 3.8) is 0 Å². The van der Waals surface area contributed by atoms with Gasteiger partial charge in [0.2, 0.25) is 5.91 Å². The summed E-state index contributed by atoms with van der Waals surface area (Å²) in [6.45, 7) is 0.798. The van der Waals surface area contributed by atoms with Gasteiger partial charge in [-0.05, 0) is 37.0 Å². The number of rotatable bonds is 6. The molecule has 1 saturated carbocycles. The van der Waals surface area contributed by atoms with Gasteiger partial charge in [-0.2, -0.15) is 0 Å². The highest BCUT2D eigenvalue weighted by molar-refractivity contribution is 5.91. The van der Waals surface area contributed by atoms with Crippen LogP contribution < -0.4 is 10.6 Å². The van der Waals surface area contributed by atoms with Gasteiger partial charge < -0.3 is 10.6 Å². The third-order valence-electron chi connectivity index (χ3n) is 4.45. The van der Waals surface area contributed by atoms with Crippen molar-refractivity contribution in [3.8, 4) is 0 Å². The molecule has 1 heterocycles. The number of carbonyl (C=O) groups excluding carboxylic acids is 1. The Labute approximate surface area is 142 Å². The number of anilines is 2. The SMILES string of the molecule is O=C(Nc1ccc(NCCc2ccccc2)nn1)C1CCCCC1. The molecule has 0 atom stereocenters. The first-order chi connectivity index (χ1) is 11.8. The quantitative estimate of drug-likeness (QED) is 0.851. The molecule has 0 bridgehead atoms. The number of hydrogen-bond donors (Lipinski definition) is 2. The van der Waals surface area contributed by atoms with Crippen molar-refractivity contribution in [2.75, 3.05) is 17.2 Å². The first kappa shape index (κ1) is 16.4. The summed E-state index contributed by atoms with van der Waals surface area (Å²) in [5, 5.41) is 14.4. The van der Waals surface area contributed by atoms with E-state index in [-0.39, 0.29) is 11.8 Å². The summed E-state index contributed by atoms with van der Waals surface area (Å²) in [6, 6.07) is 14.0. The van der Waals surface area contributed by atoms with Crippen molar-refractivity contribution in [3.05, 3.63) is 48.0 Å². The maximum atomic E-state index is 12.2. The van der Waals surface area contributed by atoms with Gasteiger partial charge in [0, 0.05) is 12.5 Å². The third-order valence-corrected chi connectivity index (χ3v) is 4.45. The number of carbonyl (C=O) groups is 1. The van der Waals surface area contributed by atoms with E-state index in [0.717, 1.165) is 44.5 Å². The summed E-state index contributed by atoms with van der Waals surface area (Å²) in [5.74, 6) is 1.46. The van der Waals surface area contributed by atoms with Crippen molar-refractivity contribution in [1.82, 2.24) is 10.2 Å². The van der Waals surface area contributed by atoms with Gasteiger partial charge in [0.05, 0.1) is 0 Å². The zero-order valence-corrected chi connectivity index (χ0v) is 13.9. The van der Waals surface area contributed by atoms with E-state index in [9.17, 15) is 4.79 Å². The van der Waals surface area contributed by atoms with Crippen molar-refractivity contribution in [2.45, 2.75) is 38.5 Å². The van der Waals surface area contributed by atoms with Crippen LogP contribution in [0.15, 0.2) is 42.5 Å². The fourth-order valence-corrected chi connectivity index (χ4v) is 3.07. The standard InChI is InChI=1S/C19H24N4O/c24-19(16-9-5-2-6-10-16)21-18-12-11-17(22-23-18)20-14-13-15-7-3-1-4-8-15/h1,3-4,7-8,11-12,16H,2,5-6,9-10,13-14H2,(H,20,22)(H,21,23,24). The van der Waals surface area contributed by atoms with E-state index < -0.39 is 0 Å². The smallest absolute Gasteiger partial charge is 0.228 e. The molecule has 1 aromatic carbocycles. The maximum Gasteiger partial charge on any atom is 0.228 e. The molecule has 0 saturated heterocycles. The summed E-state index contributed by atoms with van der Waals surface area (Å²) < 4.78 is 0. The van der Waals surface area contributed by atoms with Crippen molar-refractivity contribution >= 4 is 17.5 Å². The topological polar surface area (TPSA) is 66.9 Å². The summed E-state index contributed by atoms with van der Waals surface area (Å²) >= 11 is 0. The summed E-state index contributed by atoms with van der Waals surface area (Å²) in [7, 11) is 0. The zero-order valence-electron chi connectivity index (χ0n) is 13.9. The number of aromatic nitrogens is 2. The molecule has 5 nitrogen and oxygen atoms in total. The van der Waals surface area contributed by atoms with E-state index >= 15 is 0 Å². The molecule has 0 spiro atoms. The van der Waals surface area contributed by atoms with Crippen LogP contribution in [0.25, 0.3) is 0 Å². The lowest BCUT2D eigenvalue weighted by Crippen LogP contribution is -2.25. The van der Waals surface area contributed by atoms with Gasteiger partial charge in [-0.1, -0.05) is 49.6 Å². The van der Waals surface area contributed by atoms with Gasteiger partial charge >= 0.3 is 0 Å². The Morgan fingerprint density at radius 3 is 2.38 bits per heavy atom. The number of amides is 1. The highest BCUT2D eigenvalue weighted by Crippen LogP contribution is 2.24. The highest BCUT2D eigenvalue weighted by Gasteiger charge is 2.21. The molecule has 3 rings (SSSR count). The van der Waals surface area contributed by atoms with Crippen LogP contribution in [-0.4, -0.2) is 22.6 Å². The van der Waals surface area contributed by atoms with E-state index in [1.165, 1.54) is 12.0 Å². The molecule has 126 valence electrons. The number of benzene rings is 1. The molecule has 1 fully saturated rings. The number of hydrogen-bond acceptors (Lipinski definition) is 4. The predicted octanol–water partition coefficient (Wildman–Crippen LogP) is 3.65. The zero-order chi connectivity index (χ0) is 16.6. The number of nitrogens with zero attached hydrogens (tertiary/aromatic N) is 2. The van der Waals surface area contributed by atoms with Crippen molar-refractivity contribution < 1.29 is 4.79 Å². The molecule has 0 aliphatic heterocycles. The van der Waals surface area contributed by atoms with Crippen LogP contribution in [0, 0.1) is 5.92 Å². The Hall–Kier alpha value is -2.43. The molecule has 2 aromatic rings. The number of nitrogens with one attached hydrogen (secondary N) is 2. The first-order valence-corrected chi connectivity index (χ1v) is 8.73. The average Bonchev–Trinajstić information content (AvgIpc) is 2.65. The van der Waals surface area contributed by atoms with Crippen molar-refractivity contribution in [2.24, 2.45) is 5.92 Å². The van der Waals surface area contributed by atoms with Crippen LogP contribution in [0.3, 0.4) is 0 Å². The molecule has 2 N–H and O–H groups in total. The van der Waals surface area contributed by atoms with Gasteiger partial charge in [0.1, 0.15) is 5.82 Å². The first-order valence-electron chi connectivity index (χ1n) is 8.73. The monoisotopic (exact) mass is 324 g/mol. The molecule has 1 amide bonds. The van der Waals surface area contributed by atoms with Crippen LogP contribution in [0.4, 0.5) is 11.6 Å². The molecule has 0 radical (unpaired) electrons. The van der Waals surface area contributed by atoms with Crippen LogP contribution in [0.5, 0.6) is 0 Å². The Kier molecular flexibility index (Phi) is 5.77. The third kappa shape index (κ3) is 4.78. The van der Waals surface area contributed by atoms with Crippen LogP contribution in [0.2, 0.25) is 0 Å². The fourth-order valence-electron chi connectivity index (χ4n) is 3.07. The second kappa shape index (κ2) is 8.43. The van der Waals surface area contributed by atoms with E-state index in [4.69, 9.17) is 0 Å². The average molecular weight is 324 g/mol. The Balaban J connectivity index is 1.45. The van der Waals surface area contributed by atoms with E-state index in [1.807, 2.05) is 24.3 Å². The van der Waals surface area contributed by atoms with Crippen molar-refractivity contribution in [1.29, 1.82) is 0 Å². The second-order valence-electron chi connectivity index (χ2n) is 6.29. The summed E-state index contributed by atoms with van der Waals surface area (Å²) in [5.41, 5.74) is 1.29. The molecule has 0 unspecified atom stereocenters. The van der Waals surface area contributed by atoms with Crippen LogP contribution in [-0.2, 0) is 11.2 Å². The molecular formula is C19H24N4O. The minimum Gasteiger partial charge on any atom is -0.368 e. The lowest BCUT2D eigenvalue weighted by Gasteiger charge is -2.20. The van der Waals surface area contributed by atoms with Crippen LogP contribution >= 0.6 is 0 Å². The van der Waals surface area contributed by atoms with E-state index in [0.29, 0.717) is 5.82 Å². The lowest BCUT2D eigenvalue weighted by molar-refractivity contribution is -0.120. The lowest BCUT2D eigenvalue weighted by atomic mass is 9.89. The Bertz CT molecular complexity index is 636. The normalized spacial score (nSPS) is 15.0. The van der Waals surface area contributed by atoms with Gasteiger partial charge in [-0.25, -0.2) is 0 Å². The molecular weight excluding hydrogens is 300 g/mol. The van der Waals surface area contributed by atoms with Gasteiger partial charge in [0.15, 0.2) is 5.82 Å². The molecule has 5 heteroatoms. The Morgan fingerprint density at radius 1 is 0.958 bits per heavy atom. The summed E-state index contributed by atoms with van der Waals surface area (Å²) in [6.07, 6.45) is 6.44. The largest absolute Gasteiger partial charge is 0.368 e. The van der Waals surface area contributed by atoms with Gasteiger partial charge in [0.25, 0.3) is 0 Å². The maximum absolute atomic E-state index is 12.2. The highest BCUT2D eigenvalue weighted by atomic mass is 16.1. The molecule has 24 heavy (non-hydrogen) atoms. The van der Waals surface area contributed by atoms with Gasteiger partial charge in [-0.15, -0.1) is 10.2 Å². The predicted molar refractivity (Wildman–Crippen MR) is 95.9 cm³/mol. The van der Waals surface area contributed by atoms with E-state index in [2.05, 4.69) is 33.0 Å². The van der Waals surface area contributed by atoms with Crippen LogP contribution in [0.1, 0.15) is 37.7 Å². The molecule has 1 aliphatic carbocycles. The minimum atomic E-state index is 0.0776. The van der Waals surface area contributed by atoms with Gasteiger partial charge in [-0.3, -0.25) is 4.79 Å². The Morgan fingerprint density at radius 2 is 1.67 bits per heavy atom. The molecule has 1 aromatic heterocycles. The molecule has 1 aliphatic rings. The minimum absolute atomic E-state index is 0.0776. The van der Waals surface area contributed by atoms with E-state index in [1.54, 1.807) is 6.07 Å². The fraction of sp³-hybridized carbons (Fsp3) is 0.421. The second-order valence-corrected chi connectivity index (χ2v) is 6.29.